The summed E-state index contributed by atoms with van der Waals surface area (Å²) >= 11 is 0. The maximum Gasteiger partial charge on any atom is 0.240 e. The molecule has 0 bridgehead atoms. The van der Waals surface area contributed by atoms with E-state index in [1.165, 1.54) is 11.1 Å². The van der Waals surface area contributed by atoms with Crippen LogP contribution in [0.4, 0.5) is 5.69 Å². The maximum atomic E-state index is 12.4. The minimum Gasteiger partial charge on any atom is -0.398 e. The van der Waals surface area contributed by atoms with Crippen molar-refractivity contribution in [2.75, 3.05) is 12.3 Å². The lowest BCUT2D eigenvalue weighted by atomic mass is 9.78. The van der Waals surface area contributed by atoms with Crippen molar-refractivity contribution in [1.29, 1.82) is 0 Å². The van der Waals surface area contributed by atoms with Crippen molar-refractivity contribution in [2.45, 2.75) is 24.2 Å². The number of benzene rings is 2. The number of nitrogens with one attached hydrogen (secondary N) is 1. The van der Waals surface area contributed by atoms with Crippen LogP contribution in [0.2, 0.25) is 0 Å². The molecule has 0 fully saturated rings. The van der Waals surface area contributed by atoms with Gasteiger partial charge in [0.2, 0.25) is 10.0 Å². The molecule has 21 heavy (non-hydrogen) atoms. The lowest BCUT2D eigenvalue weighted by molar-refractivity contribution is 0.551. The van der Waals surface area contributed by atoms with Gasteiger partial charge in [0.1, 0.15) is 0 Å². The number of nitrogen functional groups attached to an aromatic ring is 1. The molecule has 0 saturated heterocycles. The third-order valence-corrected chi connectivity index (χ3v) is 5.66. The van der Waals surface area contributed by atoms with Gasteiger partial charge in [0.05, 0.1) is 4.90 Å². The molecule has 3 rings (SSSR count). The molecule has 4 nitrogen and oxygen atoms in total. The number of fused-ring (bicyclic) bond motifs is 1. The van der Waals surface area contributed by atoms with Crippen molar-refractivity contribution < 1.29 is 8.42 Å². The monoisotopic (exact) mass is 302 g/mol. The van der Waals surface area contributed by atoms with Gasteiger partial charge in [-0.1, -0.05) is 30.3 Å². The number of anilines is 1. The molecule has 3 N–H and O–H groups in total. The molecule has 0 amide bonds. The lowest BCUT2D eigenvalue weighted by Crippen LogP contribution is -2.33. The van der Waals surface area contributed by atoms with Crippen LogP contribution in [0.25, 0.3) is 0 Å². The van der Waals surface area contributed by atoms with Crippen LogP contribution < -0.4 is 10.5 Å². The lowest BCUT2D eigenvalue weighted by Gasteiger charge is -2.30. The molecule has 1 aliphatic rings. The van der Waals surface area contributed by atoms with E-state index >= 15 is 0 Å². The zero-order valence-corrected chi connectivity index (χ0v) is 12.7. The fourth-order valence-corrected chi connectivity index (χ4v) is 4.11. The summed E-state index contributed by atoms with van der Waals surface area (Å²) in [7, 11) is -3.52. The molecular weight excluding hydrogens is 284 g/mol. The maximum absolute atomic E-state index is 12.4. The fraction of sp³-hybridized carbons (Fsp3) is 0.250. The summed E-state index contributed by atoms with van der Waals surface area (Å²) in [5.74, 6) is 0.261. The number of sulfonamides is 1. The molecule has 110 valence electrons. The van der Waals surface area contributed by atoms with Crippen molar-refractivity contribution in [3.05, 3.63) is 59.2 Å². The van der Waals surface area contributed by atoms with E-state index in [0.717, 1.165) is 6.42 Å². The van der Waals surface area contributed by atoms with Gasteiger partial charge < -0.3 is 5.73 Å². The van der Waals surface area contributed by atoms with Gasteiger partial charge in [0.15, 0.2) is 0 Å². The Kier molecular flexibility index (Phi) is 3.47. The highest BCUT2D eigenvalue weighted by Gasteiger charge is 2.27. The molecular formula is C16H18N2O2S. The van der Waals surface area contributed by atoms with Crippen LogP contribution in [-0.4, -0.2) is 15.0 Å². The normalized spacial score (nSPS) is 17.1. The molecule has 0 saturated carbocycles. The molecule has 0 aromatic heterocycles. The molecule has 1 unspecified atom stereocenters. The SMILES string of the molecule is Cc1c(N)cccc1S(=O)(=O)NCC1Cc2ccccc21. The van der Waals surface area contributed by atoms with E-state index in [4.69, 9.17) is 5.73 Å². The van der Waals surface area contributed by atoms with Crippen molar-refractivity contribution in [2.24, 2.45) is 0 Å². The Balaban J connectivity index is 1.75. The smallest absolute Gasteiger partial charge is 0.240 e. The zero-order chi connectivity index (χ0) is 15.0. The van der Waals surface area contributed by atoms with Gasteiger partial charge in [-0.25, -0.2) is 13.1 Å². The Morgan fingerprint density at radius 1 is 1.19 bits per heavy atom. The Labute approximate surface area is 125 Å². The van der Waals surface area contributed by atoms with E-state index in [2.05, 4.69) is 16.9 Å². The molecule has 0 radical (unpaired) electrons. The third-order valence-electron chi connectivity index (χ3n) is 4.10. The van der Waals surface area contributed by atoms with Crippen LogP contribution in [0, 0.1) is 6.92 Å². The average molecular weight is 302 g/mol. The van der Waals surface area contributed by atoms with E-state index in [9.17, 15) is 8.42 Å². The first-order chi connectivity index (χ1) is 9.99. The Bertz CT molecular complexity index is 785. The summed E-state index contributed by atoms with van der Waals surface area (Å²) in [4.78, 5) is 0.259. The Morgan fingerprint density at radius 3 is 2.71 bits per heavy atom. The van der Waals surface area contributed by atoms with Crippen LogP contribution >= 0.6 is 0 Å². The van der Waals surface area contributed by atoms with Crippen molar-refractivity contribution in [3.8, 4) is 0 Å². The van der Waals surface area contributed by atoms with E-state index in [1.807, 2.05) is 12.1 Å². The summed E-state index contributed by atoms with van der Waals surface area (Å²) < 4.78 is 27.5. The molecule has 2 aromatic rings. The minimum absolute atomic E-state index is 0.259. The second kappa shape index (κ2) is 5.16. The zero-order valence-electron chi connectivity index (χ0n) is 11.8. The van der Waals surface area contributed by atoms with Crippen molar-refractivity contribution >= 4 is 15.7 Å². The molecule has 5 heteroatoms. The third kappa shape index (κ3) is 2.54. The summed E-state index contributed by atoms with van der Waals surface area (Å²) in [5.41, 5.74) is 9.42. The van der Waals surface area contributed by atoms with Gasteiger partial charge in [-0.3, -0.25) is 0 Å². The van der Waals surface area contributed by atoms with Gasteiger partial charge in [-0.2, -0.15) is 0 Å². The van der Waals surface area contributed by atoms with Crippen LogP contribution in [0.15, 0.2) is 47.4 Å². The summed E-state index contributed by atoms with van der Waals surface area (Å²) in [6, 6.07) is 13.1. The predicted molar refractivity (Wildman–Crippen MR) is 83.7 cm³/mol. The molecule has 1 atom stereocenters. The number of hydrogen-bond acceptors (Lipinski definition) is 3. The Morgan fingerprint density at radius 2 is 1.95 bits per heavy atom. The largest absolute Gasteiger partial charge is 0.398 e. The van der Waals surface area contributed by atoms with Gasteiger partial charge in [-0.05, 0) is 42.2 Å². The topological polar surface area (TPSA) is 72.2 Å². The van der Waals surface area contributed by atoms with Gasteiger partial charge in [0.25, 0.3) is 0 Å². The summed E-state index contributed by atoms with van der Waals surface area (Å²) in [5, 5.41) is 0. The van der Waals surface area contributed by atoms with E-state index in [1.54, 1.807) is 25.1 Å². The first kappa shape index (κ1) is 14.1. The number of hydrogen-bond donors (Lipinski definition) is 2. The van der Waals surface area contributed by atoms with Crippen molar-refractivity contribution in [3.63, 3.8) is 0 Å². The molecule has 2 aromatic carbocycles. The second-order valence-corrected chi connectivity index (χ2v) is 7.16. The average Bonchev–Trinajstić information content (AvgIpc) is 2.42. The van der Waals surface area contributed by atoms with Crippen LogP contribution in [0.5, 0.6) is 0 Å². The standard InChI is InChI=1S/C16H18N2O2S/c1-11-15(17)7-4-8-16(11)21(19,20)18-10-13-9-12-5-2-3-6-14(12)13/h2-8,13,18H,9-10,17H2,1H3. The van der Waals surface area contributed by atoms with Crippen LogP contribution in [0.1, 0.15) is 22.6 Å². The minimum atomic E-state index is -3.52. The molecule has 1 aliphatic carbocycles. The first-order valence-corrected chi connectivity index (χ1v) is 8.40. The van der Waals surface area contributed by atoms with E-state index in [0.29, 0.717) is 17.8 Å². The van der Waals surface area contributed by atoms with Crippen molar-refractivity contribution in [1.82, 2.24) is 4.72 Å². The fourth-order valence-electron chi connectivity index (χ4n) is 2.76. The molecule has 0 heterocycles. The van der Waals surface area contributed by atoms with Gasteiger partial charge in [-0.15, -0.1) is 0 Å². The number of nitrogens with two attached hydrogens (primary N) is 1. The molecule has 0 aliphatic heterocycles. The number of rotatable bonds is 4. The highest BCUT2D eigenvalue weighted by Crippen LogP contribution is 2.34. The summed E-state index contributed by atoms with van der Waals surface area (Å²) in [6.07, 6.45) is 0.925. The first-order valence-electron chi connectivity index (χ1n) is 6.91. The second-order valence-electron chi connectivity index (χ2n) is 5.42. The summed E-state index contributed by atoms with van der Waals surface area (Å²) in [6.45, 7) is 2.15. The van der Waals surface area contributed by atoms with Gasteiger partial charge >= 0.3 is 0 Å². The van der Waals surface area contributed by atoms with E-state index in [-0.39, 0.29) is 10.8 Å². The van der Waals surface area contributed by atoms with Crippen LogP contribution in [-0.2, 0) is 16.4 Å². The predicted octanol–water partition coefficient (Wildman–Crippen LogP) is 2.20. The highest BCUT2D eigenvalue weighted by atomic mass is 32.2. The highest BCUT2D eigenvalue weighted by molar-refractivity contribution is 7.89. The van der Waals surface area contributed by atoms with Crippen LogP contribution in [0.3, 0.4) is 0 Å². The molecule has 0 spiro atoms. The van der Waals surface area contributed by atoms with Gasteiger partial charge in [0, 0.05) is 18.2 Å². The van der Waals surface area contributed by atoms with E-state index < -0.39 is 10.0 Å². The quantitative estimate of drug-likeness (QED) is 0.850. The Hall–Kier alpha value is -1.85.